The average molecular weight is 1180 g/mol. The van der Waals surface area contributed by atoms with Crippen molar-refractivity contribution in [2.24, 2.45) is 0 Å². The monoisotopic (exact) mass is 1180 g/mol. The molecule has 18 rings (SSSR count). The molecule has 0 bridgehead atoms. The van der Waals surface area contributed by atoms with Crippen molar-refractivity contribution in [3.8, 4) is 100 Å². The molecule has 2 aromatic heterocycles. The van der Waals surface area contributed by atoms with Crippen molar-refractivity contribution in [2.45, 2.75) is 5.41 Å². The van der Waals surface area contributed by atoms with Gasteiger partial charge in [0.15, 0.2) is 0 Å². The first kappa shape index (κ1) is 53.9. The Balaban J connectivity index is 0.658. The second kappa shape index (κ2) is 22.1. The summed E-state index contributed by atoms with van der Waals surface area (Å²) < 4.78 is 4.87. The number of para-hydroxylation sites is 3. The molecular formula is C91H60N2. The Morgan fingerprint density at radius 1 is 0.183 bits per heavy atom. The first-order valence-electron chi connectivity index (χ1n) is 32.2. The van der Waals surface area contributed by atoms with Crippen LogP contribution in [0.4, 0.5) is 0 Å². The lowest BCUT2D eigenvalue weighted by Gasteiger charge is -2.36. The number of benzene rings is 15. The molecule has 93 heavy (non-hydrogen) atoms. The summed E-state index contributed by atoms with van der Waals surface area (Å²) in [4.78, 5) is 0. The average Bonchev–Trinajstić information content (AvgIpc) is 1.58. The van der Waals surface area contributed by atoms with Crippen molar-refractivity contribution in [3.05, 3.63) is 386 Å². The van der Waals surface area contributed by atoms with Crippen LogP contribution in [0.15, 0.2) is 364 Å². The van der Waals surface area contributed by atoms with Crippen LogP contribution in [-0.2, 0) is 5.41 Å². The summed E-state index contributed by atoms with van der Waals surface area (Å²) in [6.07, 6.45) is 0. The lowest BCUT2D eigenvalue weighted by molar-refractivity contribution is 0.771. The van der Waals surface area contributed by atoms with E-state index in [4.69, 9.17) is 0 Å². The number of fused-ring (bicyclic) bond motifs is 9. The molecule has 17 aromatic rings. The molecule has 434 valence electrons. The molecule has 0 amide bonds. The molecule has 0 spiro atoms. The van der Waals surface area contributed by atoms with Crippen molar-refractivity contribution in [1.29, 1.82) is 0 Å². The molecule has 2 heterocycles. The van der Waals surface area contributed by atoms with E-state index in [0.29, 0.717) is 0 Å². The SMILES string of the molecule is c1ccc(-c2ccccc2-c2ccccc2C2(c3cccc(-c4ccc(-c5ccc(-c6cccc(-n7c8ccccc8c8cc(-c9ccc%10c(c9)c9ccccc9n%10-c9ccccc9-c9ccccc9)ccc87)c6)cc5)cc4)c3)c3ccccc3-c3ccccc32)cc1. The summed E-state index contributed by atoms with van der Waals surface area (Å²) in [6.45, 7) is 0. The number of hydrogen-bond acceptors (Lipinski definition) is 0. The third kappa shape index (κ3) is 8.79. The fourth-order valence-corrected chi connectivity index (χ4v) is 15.5. The van der Waals surface area contributed by atoms with E-state index >= 15 is 0 Å². The Hall–Kier alpha value is -12.1. The summed E-state index contributed by atoms with van der Waals surface area (Å²) in [6, 6.07) is 135. The minimum Gasteiger partial charge on any atom is -0.309 e. The Labute approximate surface area is 541 Å². The highest BCUT2D eigenvalue weighted by molar-refractivity contribution is 6.13. The van der Waals surface area contributed by atoms with E-state index in [1.54, 1.807) is 0 Å². The Morgan fingerprint density at radius 2 is 0.538 bits per heavy atom. The largest absolute Gasteiger partial charge is 0.309 e. The van der Waals surface area contributed by atoms with Gasteiger partial charge in [-0.2, -0.15) is 0 Å². The molecule has 0 saturated carbocycles. The van der Waals surface area contributed by atoms with Gasteiger partial charge >= 0.3 is 0 Å². The van der Waals surface area contributed by atoms with Gasteiger partial charge in [0.2, 0.25) is 0 Å². The van der Waals surface area contributed by atoms with Gasteiger partial charge in [-0.25, -0.2) is 0 Å². The van der Waals surface area contributed by atoms with Crippen molar-refractivity contribution in [2.75, 3.05) is 0 Å². The number of hydrogen-bond donors (Lipinski definition) is 0. The van der Waals surface area contributed by atoms with Crippen LogP contribution in [0, 0.1) is 0 Å². The van der Waals surface area contributed by atoms with Crippen LogP contribution in [-0.4, -0.2) is 9.13 Å². The Bertz CT molecular complexity index is 5680. The van der Waals surface area contributed by atoms with Crippen LogP contribution >= 0.6 is 0 Å². The van der Waals surface area contributed by atoms with Gasteiger partial charge in [0.25, 0.3) is 0 Å². The highest BCUT2D eigenvalue weighted by Gasteiger charge is 2.47. The van der Waals surface area contributed by atoms with Crippen LogP contribution < -0.4 is 0 Å². The van der Waals surface area contributed by atoms with E-state index < -0.39 is 5.41 Å². The van der Waals surface area contributed by atoms with Gasteiger partial charge in [0.05, 0.1) is 33.2 Å². The normalized spacial score (nSPS) is 12.4. The summed E-state index contributed by atoms with van der Waals surface area (Å²) >= 11 is 0. The van der Waals surface area contributed by atoms with Gasteiger partial charge in [-0.05, 0) is 166 Å². The van der Waals surface area contributed by atoms with E-state index in [-0.39, 0.29) is 0 Å². The molecule has 0 unspecified atom stereocenters. The van der Waals surface area contributed by atoms with Gasteiger partial charge in [0.1, 0.15) is 0 Å². The van der Waals surface area contributed by atoms with Crippen molar-refractivity contribution < 1.29 is 0 Å². The van der Waals surface area contributed by atoms with Crippen molar-refractivity contribution >= 4 is 43.6 Å². The number of nitrogens with zero attached hydrogens (tertiary/aromatic N) is 2. The van der Waals surface area contributed by atoms with E-state index in [1.165, 1.54) is 161 Å². The smallest absolute Gasteiger partial charge is 0.0719 e. The van der Waals surface area contributed by atoms with E-state index in [9.17, 15) is 0 Å². The van der Waals surface area contributed by atoms with Crippen molar-refractivity contribution in [3.63, 3.8) is 0 Å². The van der Waals surface area contributed by atoms with Crippen LogP contribution in [0.3, 0.4) is 0 Å². The second-order valence-corrected chi connectivity index (χ2v) is 24.6. The third-order valence-electron chi connectivity index (χ3n) is 19.7. The lowest BCUT2D eigenvalue weighted by Crippen LogP contribution is -2.29. The molecule has 15 aromatic carbocycles. The maximum absolute atomic E-state index is 2.45. The predicted molar refractivity (Wildman–Crippen MR) is 390 cm³/mol. The van der Waals surface area contributed by atoms with E-state index in [1.807, 2.05) is 0 Å². The minimum absolute atomic E-state index is 0.598. The highest BCUT2D eigenvalue weighted by Crippen LogP contribution is 2.58. The molecule has 0 atom stereocenters. The molecule has 0 fully saturated rings. The van der Waals surface area contributed by atoms with Crippen molar-refractivity contribution in [1.82, 2.24) is 9.13 Å². The number of aromatic nitrogens is 2. The van der Waals surface area contributed by atoms with Crippen LogP contribution in [0.2, 0.25) is 0 Å². The van der Waals surface area contributed by atoms with E-state index in [2.05, 4.69) is 373 Å². The maximum Gasteiger partial charge on any atom is 0.0719 e. The zero-order valence-electron chi connectivity index (χ0n) is 51.0. The van der Waals surface area contributed by atoms with Gasteiger partial charge in [-0.15, -0.1) is 0 Å². The van der Waals surface area contributed by atoms with Crippen LogP contribution in [0.25, 0.3) is 144 Å². The second-order valence-electron chi connectivity index (χ2n) is 24.6. The topological polar surface area (TPSA) is 9.86 Å². The highest BCUT2D eigenvalue weighted by atomic mass is 15.0. The standard InChI is InChI=1S/C91H60N2/c1-3-23-65(24-4-1)73-31-7-8-33-75(73)76-34-9-15-39-83(76)91(84-40-16-10-35-77(84)78-36-11-17-41-85(78)91)71-29-21-27-67(57-71)63-49-45-61(46-50-63)62-47-51-64(52-48-62)68-28-22-30-72(58-68)92-87-43-19-13-37-79(87)81-59-69(53-55-89(81)92)70-54-56-90-82(60-70)80-38-14-20-44-88(80)93(90)86-42-18-12-32-74(86)66-25-5-2-6-26-66/h1-60H. The summed E-state index contributed by atoms with van der Waals surface area (Å²) in [5.41, 5.74) is 30.8. The first-order chi connectivity index (χ1) is 46.1. The fourth-order valence-electron chi connectivity index (χ4n) is 15.5. The molecule has 0 saturated heterocycles. The third-order valence-corrected chi connectivity index (χ3v) is 19.7. The molecule has 1 aliphatic rings. The first-order valence-corrected chi connectivity index (χ1v) is 32.2. The molecule has 0 radical (unpaired) electrons. The zero-order valence-corrected chi connectivity index (χ0v) is 51.0. The minimum atomic E-state index is -0.598. The molecule has 0 N–H and O–H groups in total. The number of rotatable bonds is 11. The summed E-state index contributed by atoms with van der Waals surface area (Å²) in [5.74, 6) is 0. The maximum atomic E-state index is 2.45. The van der Waals surface area contributed by atoms with E-state index in [0.717, 1.165) is 5.69 Å². The van der Waals surface area contributed by atoms with Gasteiger partial charge in [-0.1, -0.05) is 303 Å². The Morgan fingerprint density at radius 3 is 1.10 bits per heavy atom. The van der Waals surface area contributed by atoms with Crippen LogP contribution in [0.5, 0.6) is 0 Å². The van der Waals surface area contributed by atoms with Gasteiger partial charge < -0.3 is 9.13 Å². The molecule has 1 aliphatic carbocycles. The molecule has 2 heteroatoms. The predicted octanol–water partition coefficient (Wildman–Crippen LogP) is 23.9. The quantitative estimate of drug-likeness (QED) is 0.122. The molecular weight excluding hydrogens is 1120 g/mol. The summed E-state index contributed by atoms with van der Waals surface area (Å²) in [7, 11) is 0. The zero-order chi connectivity index (χ0) is 61.4. The fraction of sp³-hybridized carbons (Fsp3) is 0.0110. The molecule has 2 nitrogen and oxygen atoms in total. The van der Waals surface area contributed by atoms with Gasteiger partial charge in [-0.3, -0.25) is 0 Å². The Kier molecular flexibility index (Phi) is 12.8. The summed E-state index contributed by atoms with van der Waals surface area (Å²) in [5, 5.41) is 4.94. The van der Waals surface area contributed by atoms with Crippen LogP contribution in [0.1, 0.15) is 22.3 Å². The lowest BCUT2D eigenvalue weighted by atomic mass is 9.65. The van der Waals surface area contributed by atoms with Gasteiger partial charge in [0, 0.05) is 32.8 Å². The molecule has 0 aliphatic heterocycles.